The normalized spacial score (nSPS) is 17.7. The van der Waals surface area contributed by atoms with Gasteiger partial charge in [0.05, 0.1) is 11.3 Å². The van der Waals surface area contributed by atoms with Crippen LogP contribution in [0, 0.1) is 20.8 Å². The van der Waals surface area contributed by atoms with Crippen LogP contribution in [0.15, 0.2) is 22.6 Å². The number of hydrogen-bond donors (Lipinski definition) is 1. The lowest BCUT2D eigenvalue weighted by Crippen LogP contribution is -2.25. The van der Waals surface area contributed by atoms with E-state index in [1.807, 2.05) is 47.6 Å². The Bertz CT molecular complexity index is 864. The van der Waals surface area contributed by atoms with Crippen molar-refractivity contribution in [3.63, 3.8) is 0 Å². The van der Waals surface area contributed by atoms with Crippen molar-refractivity contribution < 1.29 is 19.5 Å². The Labute approximate surface area is 173 Å². The Kier molecular flexibility index (Phi) is 7.77. The molecule has 0 heterocycles. The van der Waals surface area contributed by atoms with Crippen LogP contribution in [0.3, 0.4) is 0 Å². The van der Waals surface area contributed by atoms with Crippen molar-refractivity contribution >= 4 is 17.3 Å². The summed E-state index contributed by atoms with van der Waals surface area (Å²) >= 11 is 0. The number of allylic oxidation sites excluding steroid dienone is 2. The summed E-state index contributed by atoms with van der Waals surface area (Å²) < 4.78 is 0. The number of carbonyl (C=O) groups is 2. The third-order valence-corrected chi connectivity index (χ3v) is 5.56. The van der Waals surface area contributed by atoms with Crippen molar-refractivity contribution in [3.05, 3.63) is 45.2 Å². The van der Waals surface area contributed by atoms with E-state index in [2.05, 4.69) is 5.16 Å². The number of oxime groups is 1. The Morgan fingerprint density at radius 3 is 2.41 bits per heavy atom. The average Bonchev–Trinajstić information content (AvgIpc) is 2.63. The van der Waals surface area contributed by atoms with E-state index in [-0.39, 0.29) is 29.7 Å². The molecule has 1 aromatic carbocycles. The minimum Gasteiger partial charge on any atom is -0.511 e. The molecular weight excluding hydrogens is 366 g/mol. The summed E-state index contributed by atoms with van der Waals surface area (Å²) in [7, 11) is 0. The molecule has 2 rings (SSSR count). The average molecular weight is 400 g/mol. The molecule has 1 aliphatic rings. The highest BCUT2D eigenvalue weighted by Gasteiger charge is 2.33. The summed E-state index contributed by atoms with van der Waals surface area (Å²) in [5.41, 5.74) is 5.53. The van der Waals surface area contributed by atoms with Gasteiger partial charge in [0, 0.05) is 24.8 Å². The molecule has 0 unspecified atom stereocenters. The summed E-state index contributed by atoms with van der Waals surface area (Å²) in [5.74, 6) is -0.0686. The molecule has 0 aromatic heterocycles. The largest absolute Gasteiger partial charge is 0.511 e. The second-order valence-electron chi connectivity index (χ2n) is 7.76. The maximum atomic E-state index is 12.9. The Hall–Kier alpha value is -2.43. The Balaban J connectivity index is 2.49. The lowest BCUT2D eigenvalue weighted by Gasteiger charge is -2.28. The number of aliphatic hydroxyl groups is 1. The van der Waals surface area contributed by atoms with Gasteiger partial charge in [-0.1, -0.05) is 25.1 Å². The van der Waals surface area contributed by atoms with E-state index in [0.717, 1.165) is 34.2 Å². The Morgan fingerprint density at radius 1 is 1.17 bits per heavy atom. The lowest BCUT2D eigenvalue weighted by atomic mass is 9.76. The van der Waals surface area contributed by atoms with Crippen molar-refractivity contribution in [2.75, 3.05) is 6.61 Å². The predicted molar refractivity (Wildman–Crippen MR) is 116 cm³/mol. The molecule has 0 spiro atoms. The van der Waals surface area contributed by atoms with E-state index in [0.29, 0.717) is 37.2 Å². The van der Waals surface area contributed by atoms with Crippen LogP contribution in [-0.2, 0) is 9.63 Å². The van der Waals surface area contributed by atoms with Gasteiger partial charge in [-0.15, -0.1) is 0 Å². The molecule has 0 amide bonds. The summed E-state index contributed by atoms with van der Waals surface area (Å²) in [6.07, 6.45) is 2.47. The zero-order chi connectivity index (χ0) is 21.7. The molecule has 158 valence electrons. The first kappa shape index (κ1) is 22.9. The van der Waals surface area contributed by atoms with Crippen LogP contribution in [0.25, 0.3) is 0 Å². The van der Waals surface area contributed by atoms with Crippen molar-refractivity contribution in [1.82, 2.24) is 0 Å². The molecular formula is C24H33NO4. The molecule has 1 aromatic rings. The van der Waals surface area contributed by atoms with Gasteiger partial charge < -0.3 is 9.94 Å². The van der Waals surface area contributed by atoms with Crippen LogP contribution in [0.2, 0.25) is 0 Å². The number of hydrogen-bond acceptors (Lipinski definition) is 5. The molecule has 0 saturated heterocycles. The van der Waals surface area contributed by atoms with Crippen LogP contribution in [0.5, 0.6) is 0 Å². The summed E-state index contributed by atoms with van der Waals surface area (Å²) in [6, 6.07) is 2.03. The number of rotatable bonds is 8. The van der Waals surface area contributed by atoms with Crippen molar-refractivity contribution in [1.29, 1.82) is 0 Å². The Morgan fingerprint density at radius 2 is 1.86 bits per heavy atom. The SMILES string of the molecule is CCCC(=O)c1c(C)cc(C)c([C@@H]2CC(=O)C(/C(CC)=N/OCC)=C(O)C2)c1C. The molecule has 5 nitrogen and oxygen atoms in total. The van der Waals surface area contributed by atoms with Crippen molar-refractivity contribution in [2.45, 2.75) is 79.6 Å². The quantitative estimate of drug-likeness (QED) is 0.348. The third kappa shape index (κ3) is 4.77. The predicted octanol–water partition coefficient (Wildman–Crippen LogP) is 5.66. The first-order chi connectivity index (χ1) is 13.8. The van der Waals surface area contributed by atoms with E-state index < -0.39 is 0 Å². The van der Waals surface area contributed by atoms with Gasteiger partial charge in [0.2, 0.25) is 0 Å². The van der Waals surface area contributed by atoms with Gasteiger partial charge >= 0.3 is 0 Å². The van der Waals surface area contributed by atoms with Gasteiger partial charge in [0.15, 0.2) is 11.6 Å². The van der Waals surface area contributed by atoms with Gasteiger partial charge in [0.1, 0.15) is 12.4 Å². The molecule has 29 heavy (non-hydrogen) atoms. The van der Waals surface area contributed by atoms with E-state index in [4.69, 9.17) is 4.84 Å². The van der Waals surface area contributed by atoms with E-state index >= 15 is 0 Å². The van der Waals surface area contributed by atoms with Crippen molar-refractivity contribution in [3.8, 4) is 0 Å². The van der Waals surface area contributed by atoms with Crippen LogP contribution in [0.1, 0.15) is 91.4 Å². The second kappa shape index (κ2) is 9.86. The molecule has 1 atom stereocenters. The fourth-order valence-corrected chi connectivity index (χ4v) is 4.47. The highest BCUT2D eigenvalue weighted by molar-refractivity contribution is 6.23. The molecule has 1 N–H and O–H groups in total. The highest BCUT2D eigenvalue weighted by Crippen LogP contribution is 2.39. The standard InChI is InChI=1S/C24H33NO4/c1-7-10-19(26)23-15(5)11-14(4)22(16(23)6)17-12-20(27)24(21(28)13-17)18(8-2)25-29-9-3/h11,17,27H,7-10,12-13H2,1-6H3/b25-18+/t17-/m0/s1. The smallest absolute Gasteiger partial charge is 0.168 e. The summed E-state index contributed by atoms with van der Waals surface area (Å²) in [6.45, 7) is 12.1. The molecule has 0 fully saturated rings. The molecule has 0 aliphatic heterocycles. The van der Waals surface area contributed by atoms with Gasteiger partial charge in [-0.2, -0.15) is 0 Å². The maximum Gasteiger partial charge on any atom is 0.168 e. The first-order valence-corrected chi connectivity index (χ1v) is 10.5. The zero-order valence-electron chi connectivity index (χ0n) is 18.5. The second-order valence-corrected chi connectivity index (χ2v) is 7.76. The molecule has 1 aliphatic carbocycles. The van der Waals surface area contributed by atoms with E-state index in [9.17, 15) is 14.7 Å². The van der Waals surface area contributed by atoms with Crippen LogP contribution in [0.4, 0.5) is 0 Å². The number of aliphatic hydroxyl groups excluding tert-OH is 1. The van der Waals surface area contributed by atoms with Crippen LogP contribution >= 0.6 is 0 Å². The first-order valence-electron chi connectivity index (χ1n) is 10.5. The number of Topliss-reactive ketones (excluding diaryl/α,β-unsaturated/α-hetero) is 2. The lowest BCUT2D eigenvalue weighted by molar-refractivity contribution is -0.116. The summed E-state index contributed by atoms with van der Waals surface area (Å²) in [5, 5.41) is 14.7. The topological polar surface area (TPSA) is 76.0 Å². The van der Waals surface area contributed by atoms with Gasteiger partial charge in [-0.05, 0) is 68.7 Å². The number of ketones is 2. The molecule has 0 radical (unpaired) electrons. The number of aryl methyl sites for hydroxylation is 2. The molecule has 0 bridgehead atoms. The maximum absolute atomic E-state index is 12.9. The zero-order valence-corrected chi connectivity index (χ0v) is 18.5. The fraction of sp³-hybridized carbons (Fsp3) is 0.542. The minimum absolute atomic E-state index is 0.0624. The monoisotopic (exact) mass is 399 g/mol. The van der Waals surface area contributed by atoms with Crippen LogP contribution in [-0.4, -0.2) is 29.0 Å². The van der Waals surface area contributed by atoms with Gasteiger partial charge in [0.25, 0.3) is 0 Å². The minimum atomic E-state index is -0.148. The molecule has 5 heteroatoms. The van der Waals surface area contributed by atoms with Gasteiger partial charge in [-0.25, -0.2) is 0 Å². The third-order valence-electron chi connectivity index (χ3n) is 5.56. The van der Waals surface area contributed by atoms with E-state index in [1.54, 1.807) is 0 Å². The van der Waals surface area contributed by atoms with Crippen molar-refractivity contribution in [2.24, 2.45) is 5.16 Å². The molecule has 0 saturated carbocycles. The highest BCUT2D eigenvalue weighted by atomic mass is 16.6. The van der Waals surface area contributed by atoms with E-state index in [1.165, 1.54) is 0 Å². The number of benzene rings is 1. The number of carbonyl (C=O) groups excluding carboxylic acids is 2. The van der Waals surface area contributed by atoms with Gasteiger partial charge in [-0.3, -0.25) is 9.59 Å². The number of nitrogens with zero attached hydrogens (tertiary/aromatic N) is 1. The fourth-order valence-electron chi connectivity index (χ4n) is 4.47. The van der Waals surface area contributed by atoms with Crippen LogP contribution < -0.4 is 0 Å². The summed E-state index contributed by atoms with van der Waals surface area (Å²) in [4.78, 5) is 30.7.